The van der Waals surface area contributed by atoms with Crippen molar-refractivity contribution in [1.29, 1.82) is 0 Å². The Kier molecular flexibility index (Phi) is 5.30. The molecule has 19 heavy (non-hydrogen) atoms. The van der Waals surface area contributed by atoms with Gasteiger partial charge < -0.3 is 15.7 Å². The summed E-state index contributed by atoms with van der Waals surface area (Å²) in [6, 6.07) is 3.84. The summed E-state index contributed by atoms with van der Waals surface area (Å²) >= 11 is 0. The second-order valence-electron chi connectivity index (χ2n) is 4.99. The van der Waals surface area contributed by atoms with Gasteiger partial charge in [-0.1, -0.05) is 6.07 Å². The van der Waals surface area contributed by atoms with Gasteiger partial charge in [0.05, 0.1) is 6.10 Å². The fourth-order valence-electron chi connectivity index (χ4n) is 2.27. The lowest BCUT2D eigenvalue weighted by atomic mass is 9.95. The maximum absolute atomic E-state index is 11.7. The number of nitrogens with zero attached hydrogens (tertiary/aromatic N) is 1. The number of aryl methyl sites for hydroxylation is 1. The van der Waals surface area contributed by atoms with Crippen molar-refractivity contribution >= 4 is 5.91 Å². The van der Waals surface area contributed by atoms with Gasteiger partial charge in [-0.25, -0.2) is 0 Å². The highest BCUT2D eigenvalue weighted by Crippen LogP contribution is 2.11. The number of piperidine rings is 1. The van der Waals surface area contributed by atoms with Crippen LogP contribution in [-0.2, 0) is 11.2 Å². The first kappa shape index (κ1) is 14.0. The number of nitrogens with one attached hydrogen (secondary N) is 2. The molecule has 0 unspecified atom stereocenters. The summed E-state index contributed by atoms with van der Waals surface area (Å²) in [4.78, 5) is 15.8. The van der Waals surface area contributed by atoms with Gasteiger partial charge in [-0.2, -0.15) is 0 Å². The molecule has 2 heterocycles. The minimum atomic E-state index is -0.354. The number of hydrogen-bond acceptors (Lipinski definition) is 4. The molecule has 1 aromatic heterocycles. The Labute approximate surface area is 113 Å². The molecule has 2 rings (SSSR count). The molecule has 5 nitrogen and oxygen atoms in total. The minimum absolute atomic E-state index is 0.0367. The van der Waals surface area contributed by atoms with Crippen LogP contribution in [0, 0.1) is 5.92 Å². The van der Waals surface area contributed by atoms with E-state index in [2.05, 4.69) is 15.6 Å². The highest BCUT2D eigenvalue weighted by atomic mass is 16.3. The Morgan fingerprint density at radius 2 is 2.47 bits per heavy atom. The first-order valence-corrected chi connectivity index (χ1v) is 6.80. The number of amides is 1. The number of β-amino-alcohol motifs (C(OH)–C–C–N with tert-alkyl or cyclic N) is 1. The fraction of sp³-hybridized carbons (Fsp3) is 0.571. The molecule has 1 amide bonds. The molecular weight excluding hydrogens is 242 g/mol. The largest absolute Gasteiger partial charge is 0.391 e. The summed E-state index contributed by atoms with van der Waals surface area (Å²) in [6.07, 6.45) is 5.23. The summed E-state index contributed by atoms with van der Waals surface area (Å²) in [7, 11) is 0. The van der Waals surface area contributed by atoms with Crippen LogP contribution < -0.4 is 10.6 Å². The molecule has 1 aliphatic heterocycles. The van der Waals surface area contributed by atoms with Crippen molar-refractivity contribution in [2.24, 2.45) is 5.92 Å². The Morgan fingerprint density at radius 1 is 1.58 bits per heavy atom. The van der Waals surface area contributed by atoms with E-state index in [9.17, 15) is 9.90 Å². The van der Waals surface area contributed by atoms with Crippen molar-refractivity contribution in [3.8, 4) is 0 Å². The Bertz CT molecular complexity index is 397. The molecule has 5 heteroatoms. The fourth-order valence-corrected chi connectivity index (χ4v) is 2.27. The molecule has 2 atom stereocenters. The molecule has 0 spiro atoms. The van der Waals surface area contributed by atoms with Crippen molar-refractivity contribution in [3.05, 3.63) is 30.1 Å². The Morgan fingerprint density at radius 3 is 3.21 bits per heavy atom. The van der Waals surface area contributed by atoms with Gasteiger partial charge in [-0.3, -0.25) is 9.78 Å². The molecule has 0 bridgehead atoms. The van der Waals surface area contributed by atoms with Crippen molar-refractivity contribution in [2.45, 2.75) is 25.4 Å². The number of hydrogen-bond donors (Lipinski definition) is 3. The van der Waals surface area contributed by atoms with Crippen LogP contribution in [0.25, 0.3) is 0 Å². The van der Waals surface area contributed by atoms with Crippen LogP contribution in [0.15, 0.2) is 24.5 Å². The third-order valence-corrected chi connectivity index (χ3v) is 3.51. The van der Waals surface area contributed by atoms with E-state index in [0.29, 0.717) is 25.9 Å². The minimum Gasteiger partial charge on any atom is -0.391 e. The molecule has 1 aliphatic rings. The van der Waals surface area contributed by atoms with E-state index in [1.807, 2.05) is 12.1 Å². The molecule has 1 saturated heterocycles. The summed E-state index contributed by atoms with van der Waals surface area (Å²) in [5, 5.41) is 15.8. The van der Waals surface area contributed by atoms with E-state index >= 15 is 0 Å². The number of rotatable bonds is 5. The van der Waals surface area contributed by atoms with Crippen LogP contribution in [0.3, 0.4) is 0 Å². The first-order chi connectivity index (χ1) is 9.25. The highest BCUT2D eigenvalue weighted by molar-refractivity contribution is 5.76. The average Bonchev–Trinajstić information content (AvgIpc) is 2.45. The molecule has 0 aromatic carbocycles. The van der Waals surface area contributed by atoms with E-state index in [1.165, 1.54) is 0 Å². The standard InChI is InChI=1S/C14H21N3O2/c18-13-10-16-7-5-12(13)9-17-14(19)4-3-11-2-1-6-15-8-11/h1-2,6,8,12-13,16,18H,3-5,7,9-10H2,(H,17,19)/t12-,13+/m0/s1. The van der Waals surface area contributed by atoms with Crippen LogP contribution in [0.1, 0.15) is 18.4 Å². The normalized spacial score (nSPS) is 23.0. The number of aliphatic hydroxyl groups excluding tert-OH is 1. The zero-order valence-electron chi connectivity index (χ0n) is 11.0. The van der Waals surface area contributed by atoms with Gasteiger partial charge in [0, 0.05) is 37.8 Å². The zero-order chi connectivity index (χ0) is 13.5. The molecule has 104 valence electrons. The second-order valence-corrected chi connectivity index (χ2v) is 4.99. The molecule has 3 N–H and O–H groups in total. The lowest BCUT2D eigenvalue weighted by Crippen LogP contribution is -2.45. The number of carbonyl (C=O) groups excluding carboxylic acids is 1. The average molecular weight is 263 g/mol. The van der Waals surface area contributed by atoms with Gasteiger partial charge in [0.2, 0.25) is 5.91 Å². The zero-order valence-corrected chi connectivity index (χ0v) is 11.0. The predicted octanol–water partition coefficient (Wildman–Crippen LogP) is 0.101. The van der Waals surface area contributed by atoms with E-state index < -0.39 is 0 Å². The lowest BCUT2D eigenvalue weighted by Gasteiger charge is -2.28. The quantitative estimate of drug-likeness (QED) is 0.704. The molecule has 0 saturated carbocycles. The van der Waals surface area contributed by atoms with E-state index in [1.54, 1.807) is 12.4 Å². The topological polar surface area (TPSA) is 74.2 Å². The SMILES string of the molecule is O=C(CCc1cccnc1)NC[C@@H]1CCNC[C@H]1O. The van der Waals surface area contributed by atoms with Crippen LogP contribution in [0.2, 0.25) is 0 Å². The monoisotopic (exact) mass is 263 g/mol. The number of aliphatic hydroxyl groups is 1. The molecule has 1 fully saturated rings. The van der Waals surface area contributed by atoms with E-state index in [4.69, 9.17) is 0 Å². The van der Waals surface area contributed by atoms with E-state index in [-0.39, 0.29) is 17.9 Å². The van der Waals surface area contributed by atoms with Crippen molar-refractivity contribution in [3.63, 3.8) is 0 Å². The summed E-state index contributed by atoms with van der Waals surface area (Å²) in [5.41, 5.74) is 1.07. The predicted molar refractivity (Wildman–Crippen MR) is 72.6 cm³/mol. The maximum Gasteiger partial charge on any atom is 0.220 e. The Hall–Kier alpha value is -1.46. The third kappa shape index (κ3) is 4.61. The van der Waals surface area contributed by atoms with Gasteiger partial charge in [0.15, 0.2) is 0 Å². The van der Waals surface area contributed by atoms with Crippen LogP contribution in [0.4, 0.5) is 0 Å². The van der Waals surface area contributed by atoms with Crippen molar-refractivity contribution < 1.29 is 9.90 Å². The van der Waals surface area contributed by atoms with Gasteiger partial charge in [-0.15, -0.1) is 0 Å². The molecular formula is C14H21N3O2. The summed E-state index contributed by atoms with van der Waals surface area (Å²) < 4.78 is 0. The van der Waals surface area contributed by atoms with E-state index in [0.717, 1.165) is 18.5 Å². The number of carbonyl (C=O) groups is 1. The third-order valence-electron chi connectivity index (χ3n) is 3.51. The second kappa shape index (κ2) is 7.21. The van der Waals surface area contributed by atoms with Crippen molar-refractivity contribution in [2.75, 3.05) is 19.6 Å². The van der Waals surface area contributed by atoms with Gasteiger partial charge in [0.25, 0.3) is 0 Å². The number of pyridine rings is 1. The molecule has 1 aromatic rings. The maximum atomic E-state index is 11.7. The number of aromatic nitrogens is 1. The highest BCUT2D eigenvalue weighted by Gasteiger charge is 2.22. The van der Waals surface area contributed by atoms with Crippen LogP contribution in [0.5, 0.6) is 0 Å². The molecule has 0 aliphatic carbocycles. The van der Waals surface area contributed by atoms with Gasteiger partial charge in [0.1, 0.15) is 0 Å². The summed E-state index contributed by atoms with van der Waals surface area (Å²) in [6.45, 7) is 2.10. The smallest absolute Gasteiger partial charge is 0.220 e. The van der Waals surface area contributed by atoms with Crippen molar-refractivity contribution in [1.82, 2.24) is 15.6 Å². The van der Waals surface area contributed by atoms with Crippen LogP contribution in [-0.4, -0.2) is 41.7 Å². The van der Waals surface area contributed by atoms with Gasteiger partial charge in [-0.05, 0) is 31.0 Å². The summed E-state index contributed by atoms with van der Waals surface area (Å²) in [5.74, 6) is 0.207. The van der Waals surface area contributed by atoms with Crippen LogP contribution >= 0.6 is 0 Å². The lowest BCUT2D eigenvalue weighted by molar-refractivity contribution is -0.121. The molecule has 0 radical (unpaired) electrons. The first-order valence-electron chi connectivity index (χ1n) is 6.80. The van der Waals surface area contributed by atoms with Gasteiger partial charge >= 0.3 is 0 Å². The Balaban J connectivity index is 1.67.